The van der Waals surface area contributed by atoms with Crippen molar-refractivity contribution in [3.05, 3.63) is 0 Å². The average Bonchev–Trinajstić information content (AvgIpc) is 2.14. The van der Waals surface area contributed by atoms with Gasteiger partial charge in [-0.2, -0.15) is 4.72 Å². The van der Waals surface area contributed by atoms with E-state index in [0.29, 0.717) is 6.42 Å². The van der Waals surface area contributed by atoms with Crippen molar-refractivity contribution in [3.8, 4) is 0 Å². The van der Waals surface area contributed by atoms with Gasteiger partial charge in [0.15, 0.2) is 0 Å². The molecular weight excluding hydrogens is 230 g/mol. The second-order valence-electron chi connectivity index (χ2n) is 4.59. The molecule has 0 aliphatic carbocycles. The van der Waals surface area contributed by atoms with Gasteiger partial charge >= 0.3 is 5.97 Å². The van der Waals surface area contributed by atoms with E-state index < -0.39 is 21.5 Å². The van der Waals surface area contributed by atoms with Gasteiger partial charge in [0, 0.05) is 0 Å². The maximum Gasteiger partial charge on any atom is 0.324 e. The lowest BCUT2D eigenvalue weighted by Gasteiger charge is -2.24. The number of rotatable bonds is 7. The molecule has 0 spiro atoms. The van der Waals surface area contributed by atoms with Gasteiger partial charge in [-0.15, -0.1) is 0 Å². The van der Waals surface area contributed by atoms with Gasteiger partial charge in [-0.25, -0.2) is 8.42 Å². The molecule has 0 fully saturated rings. The predicted octanol–water partition coefficient (Wildman–Crippen LogP) is 1.21. The smallest absolute Gasteiger partial charge is 0.324 e. The number of carboxylic acid groups (broad SMARTS) is 1. The third-order valence-electron chi connectivity index (χ3n) is 2.52. The summed E-state index contributed by atoms with van der Waals surface area (Å²) >= 11 is 0. The molecule has 5 nitrogen and oxygen atoms in total. The van der Waals surface area contributed by atoms with Gasteiger partial charge in [0.05, 0.1) is 5.75 Å². The first-order valence-corrected chi connectivity index (χ1v) is 7.03. The van der Waals surface area contributed by atoms with E-state index in [1.165, 1.54) is 6.92 Å². The summed E-state index contributed by atoms with van der Waals surface area (Å²) in [6.07, 6.45) is 0.734. The van der Waals surface area contributed by atoms with Gasteiger partial charge in [0.2, 0.25) is 10.0 Å². The van der Waals surface area contributed by atoms with Crippen molar-refractivity contribution in [1.82, 2.24) is 4.72 Å². The molecule has 0 saturated heterocycles. The molecule has 0 aromatic heterocycles. The standard InChI is InChI=1S/C10H21NO4S/c1-5-10(4,9(12)13)11-16(14,15)7-6-8(2)3/h8,11H,5-7H2,1-4H3,(H,12,13). The van der Waals surface area contributed by atoms with E-state index in [1.807, 2.05) is 13.8 Å². The molecule has 1 unspecified atom stereocenters. The number of nitrogens with one attached hydrogen (secondary N) is 1. The highest BCUT2D eigenvalue weighted by atomic mass is 32.2. The zero-order valence-corrected chi connectivity index (χ0v) is 11.1. The highest BCUT2D eigenvalue weighted by molar-refractivity contribution is 7.89. The molecule has 2 N–H and O–H groups in total. The van der Waals surface area contributed by atoms with Crippen LogP contribution < -0.4 is 4.72 Å². The summed E-state index contributed by atoms with van der Waals surface area (Å²) in [4.78, 5) is 10.9. The molecule has 0 amide bonds. The van der Waals surface area contributed by atoms with Crippen LogP contribution in [0.2, 0.25) is 0 Å². The average molecular weight is 251 g/mol. The molecule has 0 heterocycles. The minimum absolute atomic E-state index is 0.0342. The maximum absolute atomic E-state index is 11.6. The van der Waals surface area contributed by atoms with E-state index in [2.05, 4.69) is 4.72 Å². The fourth-order valence-electron chi connectivity index (χ4n) is 1.05. The van der Waals surface area contributed by atoms with Crippen LogP contribution >= 0.6 is 0 Å². The molecule has 0 aromatic carbocycles. The van der Waals surface area contributed by atoms with Crippen molar-refractivity contribution in [1.29, 1.82) is 0 Å². The van der Waals surface area contributed by atoms with Gasteiger partial charge in [0.25, 0.3) is 0 Å². The van der Waals surface area contributed by atoms with Gasteiger partial charge in [-0.05, 0) is 25.7 Å². The second-order valence-corrected chi connectivity index (χ2v) is 6.44. The Hall–Kier alpha value is -0.620. The van der Waals surface area contributed by atoms with Crippen molar-refractivity contribution in [2.45, 2.75) is 46.1 Å². The molecule has 16 heavy (non-hydrogen) atoms. The number of hydrogen-bond acceptors (Lipinski definition) is 3. The largest absolute Gasteiger partial charge is 0.480 e. The van der Waals surface area contributed by atoms with Crippen molar-refractivity contribution < 1.29 is 18.3 Å². The summed E-state index contributed by atoms with van der Waals surface area (Å²) in [5, 5.41) is 8.95. The Labute approximate surface area is 97.3 Å². The third kappa shape index (κ3) is 4.94. The molecule has 0 bridgehead atoms. The number of aliphatic carboxylic acids is 1. The van der Waals surface area contributed by atoms with Gasteiger partial charge < -0.3 is 5.11 Å². The Bertz CT molecular complexity index is 337. The van der Waals surface area contributed by atoms with Crippen LogP contribution in [0.25, 0.3) is 0 Å². The van der Waals surface area contributed by atoms with Crippen LogP contribution in [0.5, 0.6) is 0 Å². The minimum atomic E-state index is -3.52. The van der Waals surface area contributed by atoms with E-state index in [-0.39, 0.29) is 18.1 Å². The summed E-state index contributed by atoms with van der Waals surface area (Å²) in [6.45, 7) is 6.86. The molecule has 0 radical (unpaired) electrons. The summed E-state index contributed by atoms with van der Waals surface area (Å²) in [6, 6.07) is 0. The summed E-state index contributed by atoms with van der Waals surface area (Å²) in [5.74, 6) is -0.912. The molecule has 0 aliphatic rings. The van der Waals surface area contributed by atoms with Crippen LogP contribution in [0.15, 0.2) is 0 Å². The highest BCUT2D eigenvalue weighted by Gasteiger charge is 2.35. The molecular formula is C10H21NO4S. The summed E-state index contributed by atoms with van der Waals surface area (Å²) in [7, 11) is -3.52. The molecule has 0 aromatic rings. The summed E-state index contributed by atoms with van der Waals surface area (Å²) < 4.78 is 25.5. The predicted molar refractivity (Wildman–Crippen MR) is 62.7 cm³/mol. The van der Waals surface area contributed by atoms with Crippen molar-refractivity contribution >= 4 is 16.0 Å². The van der Waals surface area contributed by atoms with Crippen LogP contribution in [-0.4, -0.2) is 30.8 Å². The fraction of sp³-hybridized carbons (Fsp3) is 0.900. The lowest BCUT2D eigenvalue weighted by atomic mass is 10.0. The van der Waals surface area contributed by atoms with Crippen LogP contribution in [0.4, 0.5) is 0 Å². The Balaban J connectivity index is 4.63. The zero-order valence-electron chi connectivity index (χ0n) is 10.3. The second kappa shape index (κ2) is 5.63. The van der Waals surface area contributed by atoms with Crippen LogP contribution in [0.1, 0.15) is 40.5 Å². The Morgan fingerprint density at radius 3 is 2.25 bits per heavy atom. The topological polar surface area (TPSA) is 83.5 Å². The molecule has 0 aliphatic heterocycles. The number of carboxylic acids is 1. The van der Waals surface area contributed by atoms with Gasteiger partial charge in [0.1, 0.15) is 5.54 Å². The third-order valence-corrected chi connectivity index (χ3v) is 4.06. The Kier molecular flexibility index (Phi) is 5.41. The van der Waals surface area contributed by atoms with Crippen LogP contribution in [-0.2, 0) is 14.8 Å². The van der Waals surface area contributed by atoms with Gasteiger partial charge in [-0.3, -0.25) is 4.79 Å². The van der Waals surface area contributed by atoms with E-state index in [9.17, 15) is 13.2 Å². The first-order chi connectivity index (χ1) is 7.13. The van der Waals surface area contributed by atoms with Crippen molar-refractivity contribution in [2.75, 3.05) is 5.75 Å². The maximum atomic E-state index is 11.6. The van der Waals surface area contributed by atoms with E-state index >= 15 is 0 Å². The van der Waals surface area contributed by atoms with Crippen molar-refractivity contribution in [3.63, 3.8) is 0 Å². The monoisotopic (exact) mass is 251 g/mol. The normalized spacial score (nSPS) is 16.1. The lowest BCUT2D eigenvalue weighted by molar-refractivity contribution is -0.143. The fourth-order valence-corrected chi connectivity index (χ4v) is 2.85. The highest BCUT2D eigenvalue weighted by Crippen LogP contribution is 2.12. The molecule has 96 valence electrons. The minimum Gasteiger partial charge on any atom is -0.480 e. The first-order valence-electron chi connectivity index (χ1n) is 5.38. The molecule has 6 heteroatoms. The van der Waals surface area contributed by atoms with Crippen molar-refractivity contribution in [2.24, 2.45) is 5.92 Å². The zero-order chi connectivity index (χ0) is 13.0. The summed E-state index contributed by atoms with van der Waals surface area (Å²) in [5.41, 5.74) is -1.41. The quantitative estimate of drug-likeness (QED) is 0.712. The van der Waals surface area contributed by atoms with Crippen LogP contribution in [0, 0.1) is 5.92 Å². The molecule has 1 atom stereocenters. The number of hydrogen-bond donors (Lipinski definition) is 2. The SMILES string of the molecule is CCC(C)(NS(=O)(=O)CCC(C)C)C(=O)O. The van der Waals surface area contributed by atoms with E-state index in [0.717, 1.165) is 0 Å². The molecule has 0 rings (SSSR count). The number of carbonyl (C=O) groups is 1. The van der Waals surface area contributed by atoms with E-state index in [1.54, 1.807) is 6.92 Å². The Morgan fingerprint density at radius 2 is 1.94 bits per heavy atom. The van der Waals surface area contributed by atoms with Crippen LogP contribution in [0.3, 0.4) is 0 Å². The first kappa shape index (κ1) is 15.4. The molecule has 0 saturated carbocycles. The van der Waals surface area contributed by atoms with E-state index in [4.69, 9.17) is 5.11 Å². The number of sulfonamides is 1. The Morgan fingerprint density at radius 1 is 1.44 bits per heavy atom. The van der Waals surface area contributed by atoms with Gasteiger partial charge in [-0.1, -0.05) is 20.8 Å². The lowest BCUT2D eigenvalue weighted by Crippen LogP contribution is -2.52.